The molecule has 0 radical (unpaired) electrons. The molecule has 1 aliphatic heterocycles. The summed E-state index contributed by atoms with van der Waals surface area (Å²) in [5, 5.41) is 12.2. The van der Waals surface area contributed by atoms with E-state index in [1.54, 1.807) is 20.8 Å². The maximum atomic E-state index is 13.0. The Morgan fingerprint density at radius 3 is 2.57 bits per heavy atom. The van der Waals surface area contributed by atoms with Crippen LogP contribution >= 0.6 is 0 Å². The molecule has 0 spiro atoms. The summed E-state index contributed by atoms with van der Waals surface area (Å²) in [4.78, 5) is 49.5. The van der Waals surface area contributed by atoms with Crippen LogP contribution in [0.25, 0.3) is 0 Å². The molecule has 1 heterocycles. The van der Waals surface area contributed by atoms with E-state index in [9.17, 15) is 24.4 Å². The molecule has 9 heteroatoms. The molecule has 9 nitrogen and oxygen atoms in total. The number of hydrogen-bond acceptors (Lipinski definition) is 6. The highest BCUT2D eigenvalue weighted by atomic mass is 16.6. The zero-order valence-corrected chi connectivity index (χ0v) is 17.3. The van der Waals surface area contributed by atoms with Crippen molar-refractivity contribution in [3.8, 4) is 0 Å². The van der Waals surface area contributed by atoms with Crippen LogP contribution in [0.4, 0.5) is 4.79 Å². The Bertz CT molecular complexity index is 560. The SMILES string of the molecule is CCCCC[C@H](CN(O)C=O)C(=O)N1CCC[C@H]1C(=O)NC(=O)OC(C)(C)C. The molecule has 0 aromatic carbocycles. The Kier molecular flexibility index (Phi) is 9.37. The van der Waals surface area contributed by atoms with Gasteiger partial charge in [-0.15, -0.1) is 0 Å². The van der Waals surface area contributed by atoms with Gasteiger partial charge in [0.2, 0.25) is 12.3 Å². The van der Waals surface area contributed by atoms with Gasteiger partial charge in [-0.3, -0.25) is 24.9 Å². The van der Waals surface area contributed by atoms with Crippen LogP contribution in [0.1, 0.15) is 66.2 Å². The smallest absolute Gasteiger partial charge is 0.414 e. The molecule has 2 atom stereocenters. The molecule has 0 aromatic heterocycles. The van der Waals surface area contributed by atoms with Crippen LogP contribution in [0.2, 0.25) is 0 Å². The number of likely N-dealkylation sites (tertiary alicyclic amines) is 1. The second-order valence-corrected chi connectivity index (χ2v) is 8.10. The van der Waals surface area contributed by atoms with Gasteiger partial charge in [-0.05, 0) is 40.0 Å². The highest BCUT2D eigenvalue weighted by molar-refractivity contribution is 5.97. The van der Waals surface area contributed by atoms with E-state index < -0.39 is 29.6 Å². The zero-order valence-electron chi connectivity index (χ0n) is 17.3. The van der Waals surface area contributed by atoms with Crippen molar-refractivity contribution < 1.29 is 29.1 Å². The number of unbranched alkanes of at least 4 members (excludes halogenated alkanes) is 2. The van der Waals surface area contributed by atoms with Crippen LogP contribution in [-0.4, -0.2) is 64.2 Å². The average molecular weight is 399 g/mol. The topological polar surface area (TPSA) is 116 Å². The standard InChI is InChI=1S/C19H33N3O6/c1-5-6-7-9-14(12-21(27)13-23)17(25)22-11-8-10-15(22)16(24)20-18(26)28-19(2,3)4/h13-15,27H,5-12H2,1-4H3,(H,20,24,26)/t14-,15+/m1/s1. The van der Waals surface area contributed by atoms with Gasteiger partial charge in [0.05, 0.1) is 12.5 Å². The van der Waals surface area contributed by atoms with E-state index in [1.165, 1.54) is 4.90 Å². The maximum Gasteiger partial charge on any atom is 0.414 e. The third-order valence-electron chi connectivity index (χ3n) is 4.50. The molecule has 0 aliphatic carbocycles. The Morgan fingerprint density at radius 1 is 1.32 bits per heavy atom. The Morgan fingerprint density at radius 2 is 2.00 bits per heavy atom. The first kappa shape index (κ1) is 23.9. The summed E-state index contributed by atoms with van der Waals surface area (Å²) in [6.07, 6.45) is 3.68. The minimum Gasteiger partial charge on any atom is -0.444 e. The largest absolute Gasteiger partial charge is 0.444 e. The minimum absolute atomic E-state index is 0.122. The number of rotatable bonds is 9. The highest BCUT2D eigenvalue weighted by Gasteiger charge is 2.38. The molecular formula is C19H33N3O6. The lowest BCUT2D eigenvalue weighted by atomic mass is 9.99. The van der Waals surface area contributed by atoms with Crippen molar-refractivity contribution >= 4 is 24.3 Å². The molecule has 0 bridgehead atoms. The molecular weight excluding hydrogens is 366 g/mol. The number of imide groups is 1. The maximum absolute atomic E-state index is 13.0. The van der Waals surface area contributed by atoms with Crippen LogP contribution in [0.5, 0.6) is 0 Å². The lowest BCUT2D eigenvalue weighted by molar-refractivity contribution is -0.158. The van der Waals surface area contributed by atoms with Crippen molar-refractivity contribution in [2.24, 2.45) is 5.92 Å². The monoisotopic (exact) mass is 399 g/mol. The van der Waals surface area contributed by atoms with Crippen LogP contribution < -0.4 is 5.32 Å². The van der Waals surface area contributed by atoms with Crippen molar-refractivity contribution in [3.63, 3.8) is 0 Å². The van der Waals surface area contributed by atoms with Gasteiger partial charge >= 0.3 is 6.09 Å². The van der Waals surface area contributed by atoms with Crippen molar-refractivity contribution in [2.45, 2.75) is 77.9 Å². The van der Waals surface area contributed by atoms with E-state index >= 15 is 0 Å². The highest BCUT2D eigenvalue weighted by Crippen LogP contribution is 2.23. The Labute approximate surface area is 166 Å². The Balaban J connectivity index is 2.79. The van der Waals surface area contributed by atoms with E-state index in [0.29, 0.717) is 30.9 Å². The molecule has 0 saturated carbocycles. The van der Waals surface area contributed by atoms with E-state index in [2.05, 4.69) is 5.32 Å². The van der Waals surface area contributed by atoms with E-state index in [0.717, 1.165) is 19.3 Å². The summed E-state index contributed by atoms with van der Waals surface area (Å²) in [5.41, 5.74) is -0.737. The summed E-state index contributed by atoms with van der Waals surface area (Å²) < 4.78 is 5.09. The van der Waals surface area contributed by atoms with Gasteiger partial charge in [0, 0.05) is 6.54 Å². The number of ether oxygens (including phenoxy) is 1. The molecule has 4 amide bonds. The summed E-state index contributed by atoms with van der Waals surface area (Å²) in [6, 6.07) is -0.767. The number of nitrogens with zero attached hydrogens (tertiary/aromatic N) is 2. The number of hydroxylamine groups is 2. The first-order valence-electron chi connectivity index (χ1n) is 9.84. The number of hydrogen-bond donors (Lipinski definition) is 2. The van der Waals surface area contributed by atoms with Gasteiger partial charge in [-0.1, -0.05) is 26.2 Å². The second-order valence-electron chi connectivity index (χ2n) is 8.10. The predicted molar refractivity (Wildman–Crippen MR) is 101 cm³/mol. The fourth-order valence-corrected chi connectivity index (χ4v) is 3.23. The number of alkyl carbamates (subject to hydrolysis) is 1. The first-order chi connectivity index (χ1) is 13.1. The molecule has 0 unspecified atom stereocenters. The van der Waals surface area contributed by atoms with Crippen molar-refractivity contribution in [1.82, 2.24) is 15.3 Å². The van der Waals surface area contributed by atoms with Gasteiger partial charge in [-0.25, -0.2) is 9.86 Å². The zero-order chi connectivity index (χ0) is 21.3. The third kappa shape index (κ3) is 7.84. The number of carbonyl (C=O) groups is 4. The van der Waals surface area contributed by atoms with Crippen LogP contribution in [0, 0.1) is 5.92 Å². The molecule has 2 N–H and O–H groups in total. The second kappa shape index (κ2) is 11.0. The number of amides is 4. The number of nitrogens with one attached hydrogen (secondary N) is 1. The normalized spacial score (nSPS) is 17.8. The molecule has 1 rings (SSSR count). The molecule has 28 heavy (non-hydrogen) atoms. The average Bonchev–Trinajstić information content (AvgIpc) is 3.08. The van der Waals surface area contributed by atoms with Gasteiger partial charge in [0.1, 0.15) is 11.6 Å². The Hall–Kier alpha value is -2.16. The van der Waals surface area contributed by atoms with E-state index in [-0.39, 0.29) is 18.9 Å². The lowest BCUT2D eigenvalue weighted by Crippen LogP contribution is -2.51. The minimum atomic E-state index is -0.848. The summed E-state index contributed by atoms with van der Waals surface area (Å²) in [5.74, 6) is -1.47. The summed E-state index contributed by atoms with van der Waals surface area (Å²) in [6.45, 7) is 7.38. The third-order valence-corrected chi connectivity index (χ3v) is 4.50. The van der Waals surface area contributed by atoms with Gasteiger partial charge in [0.25, 0.3) is 5.91 Å². The predicted octanol–water partition coefficient (Wildman–Crippen LogP) is 2.07. The van der Waals surface area contributed by atoms with Crippen molar-refractivity contribution in [2.75, 3.05) is 13.1 Å². The summed E-state index contributed by atoms with van der Waals surface area (Å²) >= 11 is 0. The van der Waals surface area contributed by atoms with Gasteiger partial charge in [0.15, 0.2) is 0 Å². The van der Waals surface area contributed by atoms with Crippen LogP contribution in [-0.2, 0) is 19.1 Å². The quantitative estimate of drug-likeness (QED) is 0.265. The summed E-state index contributed by atoms with van der Waals surface area (Å²) in [7, 11) is 0. The van der Waals surface area contributed by atoms with Crippen molar-refractivity contribution in [1.29, 1.82) is 0 Å². The number of carbonyl (C=O) groups excluding carboxylic acids is 4. The van der Waals surface area contributed by atoms with Crippen LogP contribution in [0.3, 0.4) is 0 Å². The first-order valence-corrected chi connectivity index (χ1v) is 9.84. The fraction of sp³-hybridized carbons (Fsp3) is 0.789. The fourth-order valence-electron chi connectivity index (χ4n) is 3.23. The van der Waals surface area contributed by atoms with Crippen molar-refractivity contribution in [3.05, 3.63) is 0 Å². The molecule has 160 valence electrons. The van der Waals surface area contributed by atoms with E-state index in [1.807, 2.05) is 6.92 Å². The van der Waals surface area contributed by atoms with Gasteiger partial charge in [-0.2, -0.15) is 0 Å². The molecule has 1 aliphatic rings. The molecule has 1 saturated heterocycles. The van der Waals surface area contributed by atoms with E-state index in [4.69, 9.17) is 4.74 Å². The van der Waals surface area contributed by atoms with Crippen LogP contribution in [0.15, 0.2) is 0 Å². The lowest BCUT2D eigenvalue weighted by Gasteiger charge is -2.29. The molecule has 0 aromatic rings. The van der Waals surface area contributed by atoms with Gasteiger partial charge < -0.3 is 9.64 Å². The molecule has 1 fully saturated rings.